The lowest BCUT2D eigenvalue weighted by atomic mass is 10.2. The van der Waals surface area contributed by atoms with E-state index >= 15 is 0 Å². The molecule has 1 amide bonds. The number of fused-ring (bicyclic) bond motifs is 1. The van der Waals surface area contributed by atoms with Gasteiger partial charge in [-0.1, -0.05) is 0 Å². The summed E-state index contributed by atoms with van der Waals surface area (Å²) >= 11 is 1.45. The SMILES string of the molecule is O=C(Nc1nc2c(s1)CNCC2)c1ncccc1O. The quantitative estimate of drug-likeness (QED) is 0.765. The Morgan fingerprint density at radius 1 is 1.53 bits per heavy atom. The molecule has 6 nitrogen and oxygen atoms in total. The first-order valence-corrected chi connectivity index (χ1v) is 6.70. The number of anilines is 1. The molecule has 0 spiro atoms. The van der Waals surface area contributed by atoms with Crippen LogP contribution in [-0.2, 0) is 13.0 Å². The highest BCUT2D eigenvalue weighted by molar-refractivity contribution is 7.15. The van der Waals surface area contributed by atoms with E-state index in [0.717, 1.165) is 30.1 Å². The Hall–Kier alpha value is -1.99. The van der Waals surface area contributed by atoms with Crippen LogP contribution in [0, 0.1) is 0 Å². The van der Waals surface area contributed by atoms with Crippen molar-refractivity contribution in [1.29, 1.82) is 0 Å². The van der Waals surface area contributed by atoms with Crippen molar-refractivity contribution < 1.29 is 9.90 Å². The highest BCUT2D eigenvalue weighted by atomic mass is 32.1. The van der Waals surface area contributed by atoms with Crippen LogP contribution in [0.5, 0.6) is 5.75 Å². The Balaban J connectivity index is 1.80. The number of hydrogen-bond acceptors (Lipinski definition) is 6. The third kappa shape index (κ3) is 2.42. The van der Waals surface area contributed by atoms with Crippen LogP contribution >= 0.6 is 11.3 Å². The van der Waals surface area contributed by atoms with Crippen LogP contribution in [0.3, 0.4) is 0 Å². The molecule has 0 bridgehead atoms. The molecule has 3 N–H and O–H groups in total. The zero-order chi connectivity index (χ0) is 13.2. The predicted molar refractivity (Wildman–Crippen MR) is 71.4 cm³/mol. The highest BCUT2D eigenvalue weighted by Gasteiger charge is 2.18. The Morgan fingerprint density at radius 2 is 2.42 bits per heavy atom. The summed E-state index contributed by atoms with van der Waals surface area (Å²) < 4.78 is 0. The van der Waals surface area contributed by atoms with Crippen molar-refractivity contribution in [3.05, 3.63) is 34.6 Å². The molecule has 0 fully saturated rings. The third-order valence-corrected chi connectivity index (χ3v) is 3.84. The number of aromatic nitrogens is 2. The molecule has 0 saturated carbocycles. The molecule has 1 aliphatic heterocycles. The van der Waals surface area contributed by atoms with Crippen molar-refractivity contribution >= 4 is 22.4 Å². The minimum atomic E-state index is -0.447. The van der Waals surface area contributed by atoms with Crippen LogP contribution in [0.25, 0.3) is 0 Å². The van der Waals surface area contributed by atoms with Crippen LogP contribution in [0.2, 0.25) is 0 Å². The fraction of sp³-hybridized carbons (Fsp3) is 0.250. The average Bonchev–Trinajstić information content (AvgIpc) is 2.81. The molecule has 0 aromatic carbocycles. The standard InChI is InChI=1S/C12H12N4O2S/c17-8-2-1-4-14-10(8)11(18)16-12-15-7-3-5-13-6-9(7)19-12/h1-2,4,13,17H,3,5-6H2,(H,15,16,18). The fourth-order valence-corrected chi connectivity index (χ4v) is 2.88. The second-order valence-electron chi connectivity index (χ2n) is 4.14. The first-order chi connectivity index (χ1) is 9.24. The summed E-state index contributed by atoms with van der Waals surface area (Å²) in [6, 6.07) is 3.00. The molecule has 2 aromatic heterocycles. The van der Waals surface area contributed by atoms with Crippen LogP contribution < -0.4 is 10.6 Å². The predicted octanol–water partition coefficient (Wildman–Crippen LogP) is 1.14. The minimum absolute atomic E-state index is 0.00815. The molecule has 1 aliphatic rings. The molecule has 3 heterocycles. The molecular weight excluding hydrogens is 264 g/mol. The molecule has 0 radical (unpaired) electrons. The number of carbonyl (C=O) groups is 1. The number of nitrogens with zero attached hydrogens (tertiary/aromatic N) is 2. The summed E-state index contributed by atoms with van der Waals surface area (Å²) in [5.41, 5.74) is 1.04. The number of nitrogens with one attached hydrogen (secondary N) is 2. The molecule has 0 aliphatic carbocycles. The molecule has 19 heavy (non-hydrogen) atoms. The maximum atomic E-state index is 12.0. The number of carbonyl (C=O) groups excluding carboxylic acids is 1. The maximum absolute atomic E-state index is 12.0. The van der Waals surface area contributed by atoms with E-state index < -0.39 is 5.91 Å². The molecule has 0 saturated heterocycles. The van der Waals surface area contributed by atoms with Crippen LogP contribution in [0.1, 0.15) is 21.1 Å². The zero-order valence-corrected chi connectivity index (χ0v) is 10.8. The van der Waals surface area contributed by atoms with Gasteiger partial charge in [0.25, 0.3) is 5.91 Å². The number of pyridine rings is 1. The summed E-state index contributed by atoms with van der Waals surface area (Å²) in [6.07, 6.45) is 2.34. The van der Waals surface area contributed by atoms with Gasteiger partial charge in [0, 0.05) is 30.6 Å². The monoisotopic (exact) mass is 276 g/mol. The lowest BCUT2D eigenvalue weighted by Gasteiger charge is -2.09. The lowest BCUT2D eigenvalue weighted by Crippen LogP contribution is -2.22. The molecule has 0 atom stereocenters. The van der Waals surface area contributed by atoms with E-state index in [4.69, 9.17) is 0 Å². The van der Waals surface area contributed by atoms with E-state index in [9.17, 15) is 9.90 Å². The number of rotatable bonds is 2. The van der Waals surface area contributed by atoms with Crippen molar-refractivity contribution in [2.45, 2.75) is 13.0 Å². The second-order valence-corrected chi connectivity index (χ2v) is 5.22. The Bertz CT molecular complexity index is 602. The van der Waals surface area contributed by atoms with Crippen molar-refractivity contribution in [2.75, 3.05) is 11.9 Å². The van der Waals surface area contributed by atoms with Gasteiger partial charge in [0.2, 0.25) is 0 Å². The summed E-state index contributed by atoms with van der Waals surface area (Å²) in [5, 5.41) is 16.0. The minimum Gasteiger partial charge on any atom is -0.505 e. The van der Waals surface area contributed by atoms with Crippen molar-refractivity contribution in [1.82, 2.24) is 15.3 Å². The van der Waals surface area contributed by atoms with Crippen molar-refractivity contribution in [2.24, 2.45) is 0 Å². The van der Waals surface area contributed by atoms with Crippen molar-refractivity contribution in [3.8, 4) is 5.75 Å². The van der Waals surface area contributed by atoms with Crippen molar-refractivity contribution in [3.63, 3.8) is 0 Å². The summed E-state index contributed by atoms with van der Waals surface area (Å²) in [4.78, 5) is 21.4. The smallest absolute Gasteiger partial charge is 0.279 e. The van der Waals surface area contributed by atoms with E-state index in [0.29, 0.717) is 5.13 Å². The van der Waals surface area contributed by atoms with E-state index in [2.05, 4.69) is 20.6 Å². The average molecular weight is 276 g/mol. The van der Waals surface area contributed by atoms with Crippen LogP contribution in [0.4, 0.5) is 5.13 Å². The fourth-order valence-electron chi connectivity index (χ4n) is 1.91. The van der Waals surface area contributed by atoms with E-state index in [1.54, 1.807) is 6.07 Å². The van der Waals surface area contributed by atoms with Gasteiger partial charge in [-0.15, -0.1) is 11.3 Å². The van der Waals surface area contributed by atoms with Gasteiger partial charge in [-0.2, -0.15) is 0 Å². The van der Waals surface area contributed by atoms with Gasteiger partial charge < -0.3 is 10.4 Å². The molecule has 3 rings (SSSR count). The molecule has 7 heteroatoms. The summed E-state index contributed by atoms with van der Waals surface area (Å²) in [7, 11) is 0. The lowest BCUT2D eigenvalue weighted by molar-refractivity contribution is 0.101. The Labute approximate surface area is 113 Å². The van der Waals surface area contributed by atoms with Gasteiger partial charge in [-0.05, 0) is 12.1 Å². The normalized spacial score (nSPS) is 13.9. The van der Waals surface area contributed by atoms with Gasteiger partial charge in [-0.3, -0.25) is 10.1 Å². The topological polar surface area (TPSA) is 87.1 Å². The highest BCUT2D eigenvalue weighted by Crippen LogP contribution is 2.26. The number of thiazole rings is 1. The number of hydrogen-bond donors (Lipinski definition) is 3. The van der Waals surface area contributed by atoms with Gasteiger partial charge >= 0.3 is 0 Å². The van der Waals surface area contributed by atoms with Gasteiger partial charge in [-0.25, -0.2) is 9.97 Å². The molecule has 98 valence electrons. The Morgan fingerprint density at radius 3 is 3.21 bits per heavy atom. The van der Waals surface area contributed by atoms with Gasteiger partial charge in [0.05, 0.1) is 5.69 Å². The molecule has 0 unspecified atom stereocenters. The molecular formula is C12H12N4O2S. The molecule has 2 aromatic rings. The van der Waals surface area contributed by atoms with Gasteiger partial charge in [0.15, 0.2) is 10.8 Å². The maximum Gasteiger partial charge on any atom is 0.279 e. The summed E-state index contributed by atoms with van der Waals surface area (Å²) in [6.45, 7) is 1.70. The zero-order valence-electron chi connectivity index (χ0n) is 10.0. The number of amides is 1. The van der Waals surface area contributed by atoms with Crippen LogP contribution in [0.15, 0.2) is 18.3 Å². The third-order valence-electron chi connectivity index (χ3n) is 2.82. The van der Waals surface area contributed by atoms with E-state index in [-0.39, 0.29) is 11.4 Å². The first kappa shape index (κ1) is 12.1. The summed E-state index contributed by atoms with van der Waals surface area (Å²) in [5.74, 6) is -0.583. The Kier molecular flexibility index (Phi) is 3.14. The van der Waals surface area contributed by atoms with Gasteiger partial charge in [0.1, 0.15) is 5.75 Å². The second kappa shape index (κ2) is 4.94. The van der Waals surface area contributed by atoms with Crippen LogP contribution in [-0.4, -0.2) is 27.5 Å². The van der Waals surface area contributed by atoms with E-state index in [1.807, 2.05) is 0 Å². The largest absolute Gasteiger partial charge is 0.505 e. The first-order valence-electron chi connectivity index (χ1n) is 5.88. The van der Waals surface area contributed by atoms with E-state index in [1.165, 1.54) is 23.6 Å². The number of aromatic hydroxyl groups is 1.